The van der Waals surface area contributed by atoms with Gasteiger partial charge in [0.15, 0.2) is 11.2 Å². The largest absolute Gasteiger partial charge is 0.369 e. The molecule has 1 aliphatic rings. The summed E-state index contributed by atoms with van der Waals surface area (Å²) in [7, 11) is 0. The second-order valence-electron chi connectivity index (χ2n) is 4.96. The molecule has 8 heteroatoms. The lowest BCUT2D eigenvalue weighted by Gasteiger charge is -2.26. The molecule has 3 N–H and O–H groups in total. The van der Waals surface area contributed by atoms with Crippen molar-refractivity contribution in [3.8, 4) is 0 Å². The van der Waals surface area contributed by atoms with E-state index in [4.69, 9.17) is 5.73 Å². The second kappa shape index (κ2) is 6.23. The van der Waals surface area contributed by atoms with Gasteiger partial charge in [-0.15, -0.1) is 12.4 Å². The van der Waals surface area contributed by atoms with E-state index >= 15 is 0 Å². The van der Waals surface area contributed by atoms with Crippen LogP contribution < -0.4 is 11.3 Å². The lowest BCUT2D eigenvalue weighted by atomic mass is 10.1. The predicted molar refractivity (Wildman–Crippen MR) is 80.1 cm³/mol. The smallest absolute Gasteiger partial charge is 0.280 e. The van der Waals surface area contributed by atoms with E-state index in [0.717, 1.165) is 26.2 Å². The zero-order valence-electron chi connectivity index (χ0n) is 11.2. The number of anilines is 1. The molecule has 1 aliphatic heterocycles. The molecule has 1 saturated heterocycles. The number of nitrogens with two attached hydrogens (primary N) is 1. The molecular formula is C12H19ClN6O. The minimum Gasteiger partial charge on any atom is -0.369 e. The van der Waals surface area contributed by atoms with Crippen LogP contribution in [0.4, 0.5) is 5.95 Å². The van der Waals surface area contributed by atoms with Crippen LogP contribution in [0.2, 0.25) is 0 Å². The molecule has 2 aromatic heterocycles. The topological polar surface area (TPSA) is 92.8 Å². The molecule has 3 heterocycles. The number of likely N-dealkylation sites (tertiary alicyclic amines) is 1. The van der Waals surface area contributed by atoms with Gasteiger partial charge in [0.05, 0.1) is 6.33 Å². The van der Waals surface area contributed by atoms with Gasteiger partial charge < -0.3 is 15.2 Å². The highest BCUT2D eigenvalue weighted by Gasteiger charge is 2.12. The first-order chi connectivity index (χ1) is 9.24. The Morgan fingerprint density at radius 3 is 2.75 bits per heavy atom. The van der Waals surface area contributed by atoms with Gasteiger partial charge in [-0.3, -0.25) is 9.78 Å². The summed E-state index contributed by atoms with van der Waals surface area (Å²) in [4.78, 5) is 24.8. The number of nitrogens with one attached hydrogen (secondary N) is 1. The zero-order valence-corrected chi connectivity index (χ0v) is 12.0. The molecule has 7 nitrogen and oxygen atoms in total. The van der Waals surface area contributed by atoms with Crippen molar-refractivity contribution in [1.29, 1.82) is 0 Å². The normalized spacial score (nSPS) is 16.2. The van der Waals surface area contributed by atoms with Crippen molar-refractivity contribution in [2.45, 2.75) is 25.8 Å². The third-order valence-corrected chi connectivity index (χ3v) is 3.60. The number of aromatic amines is 1. The summed E-state index contributed by atoms with van der Waals surface area (Å²) >= 11 is 0. The molecule has 110 valence electrons. The Bertz CT molecular complexity index is 630. The van der Waals surface area contributed by atoms with E-state index in [0.29, 0.717) is 11.2 Å². The van der Waals surface area contributed by atoms with Crippen molar-refractivity contribution in [3.05, 3.63) is 16.7 Å². The van der Waals surface area contributed by atoms with Crippen LogP contribution in [-0.2, 0) is 6.54 Å². The number of rotatable bonds is 3. The molecular weight excluding hydrogens is 280 g/mol. The Hall–Kier alpha value is -1.60. The summed E-state index contributed by atoms with van der Waals surface area (Å²) in [5, 5.41) is 0. The van der Waals surface area contributed by atoms with Crippen LogP contribution in [0.1, 0.15) is 19.3 Å². The minimum absolute atomic E-state index is 0. The fourth-order valence-electron chi connectivity index (χ4n) is 2.57. The van der Waals surface area contributed by atoms with Gasteiger partial charge in [0, 0.05) is 13.1 Å². The number of nitrogens with zero attached hydrogens (tertiary/aromatic N) is 4. The van der Waals surface area contributed by atoms with Crippen LogP contribution >= 0.6 is 12.4 Å². The van der Waals surface area contributed by atoms with E-state index in [2.05, 4.69) is 19.9 Å². The summed E-state index contributed by atoms with van der Waals surface area (Å²) in [6.45, 7) is 4.05. The maximum Gasteiger partial charge on any atom is 0.280 e. The molecule has 0 spiro atoms. The molecule has 0 aromatic carbocycles. The summed E-state index contributed by atoms with van der Waals surface area (Å²) in [5.74, 6) is 0.136. The van der Waals surface area contributed by atoms with Crippen molar-refractivity contribution < 1.29 is 0 Å². The standard InChI is InChI=1S/C12H18N6O.ClH/c13-12-15-10-9(11(19)16-12)14-8-18(10)7-6-17-4-2-1-3-5-17;/h8H,1-7H2,(H3,13,15,16,19);1H. The molecule has 0 atom stereocenters. The highest BCUT2D eigenvalue weighted by Crippen LogP contribution is 2.10. The Kier molecular flexibility index (Phi) is 4.61. The highest BCUT2D eigenvalue weighted by molar-refractivity contribution is 5.85. The lowest BCUT2D eigenvalue weighted by molar-refractivity contribution is 0.221. The van der Waals surface area contributed by atoms with Crippen LogP contribution in [0.3, 0.4) is 0 Å². The van der Waals surface area contributed by atoms with Crippen LogP contribution in [0, 0.1) is 0 Å². The number of halogens is 1. The maximum atomic E-state index is 11.7. The summed E-state index contributed by atoms with van der Waals surface area (Å²) in [6.07, 6.45) is 5.54. The molecule has 0 unspecified atom stereocenters. The zero-order chi connectivity index (χ0) is 13.2. The van der Waals surface area contributed by atoms with Crippen LogP contribution in [-0.4, -0.2) is 44.1 Å². The molecule has 0 saturated carbocycles. The SMILES string of the molecule is Cl.Nc1nc2c(ncn2CCN2CCCCC2)c(=O)[nH]1. The summed E-state index contributed by atoms with van der Waals surface area (Å²) in [6, 6.07) is 0. The van der Waals surface area contributed by atoms with Gasteiger partial charge in [0.1, 0.15) is 0 Å². The first kappa shape index (κ1) is 14.8. The third-order valence-electron chi connectivity index (χ3n) is 3.60. The minimum atomic E-state index is -0.278. The number of hydrogen-bond donors (Lipinski definition) is 2. The lowest BCUT2D eigenvalue weighted by Crippen LogP contribution is -2.32. The monoisotopic (exact) mass is 298 g/mol. The second-order valence-corrected chi connectivity index (χ2v) is 4.96. The van der Waals surface area contributed by atoms with E-state index in [-0.39, 0.29) is 23.9 Å². The van der Waals surface area contributed by atoms with Crippen LogP contribution in [0.5, 0.6) is 0 Å². The predicted octanol–water partition coefficient (Wildman–Crippen LogP) is 0.609. The maximum absolute atomic E-state index is 11.7. The Balaban J connectivity index is 0.00000147. The highest BCUT2D eigenvalue weighted by atomic mass is 35.5. The average molecular weight is 299 g/mol. The number of imidazole rings is 1. The van der Waals surface area contributed by atoms with Crippen molar-refractivity contribution in [2.24, 2.45) is 0 Å². The van der Waals surface area contributed by atoms with E-state index in [1.807, 2.05) is 4.57 Å². The van der Waals surface area contributed by atoms with Gasteiger partial charge >= 0.3 is 0 Å². The Morgan fingerprint density at radius 2 is 2.00 bits per heavy atom. The molecule has 1 fully saturated rings. The fourth-order valence-corrected chi connectivity index (χ4v) is 2.57. The van der Waals surface area contributed by atoms with Gasteiger partial charge in [-0.1, -0.05) is 6.42 Å². The van der Waals surface area contributed by atoms with Gasteiger partial charge in [0.2, 0.25) is 5.95 Å². The van der Waals surface area contributed by atoms with Crippen molar-refractivity contribution in [2.75, 3.05) is 25.4 Å². The molecule has 0 radical (unpaired) electrons. The van der Waals surface area contributed by atoms with E-state index < -0.39 is 0 Å². The van der Waals surface area contributed by atoms with Gasteiger partial charge in [-0.05, 0) is 25.9 Å². The van der Waals surface area contributed by atoms with Crippen LogP contribution in [0.15, 0.2) is 11.1 Å². The molecule has 20 heavy (non-hydrogen) atoms. The Morgan fingerprint density at radius 1 is 1.25 bits per heavy atom. The number of piperidine rings is 1. The van der Waals surface area contributed by atoms with E-state index in [1.54, 1.807) is 6.33 Å². The van der Waals surface area contributed by atoms with Crippen molar-refractivity contribution in [1.82, 2.24) is 24.4 Å². The van der Waals surface area contributed by atoms with Crippen molar-refractivity contribution in [3.63, 3.8) is 0 Å². The molecule has 0 aliphatic carbocycles. The number of H-pyrrole nitrogens is 1. The van der Waals surface area contributed by atoms with E-state index in [1.165, 1.54) is 19.3 Å². The number of fused-ring (bicyclic) bond motifs is 1. The fraction of sp³-hybridized carbons (Fsp3) is 0.583. The first-order valence-corrected chi connectivity index (χ1v) is 6.67. The average Bonchev–Trinajstić information content (AvgIpc) is 2.81. The van der Waals surface area contributed by atoms with Gasteiger partial charge in [-0.2, -0.15) is 4.98 Å². The molecule has 0 amide bonds. The first-order valence-electron chi connectivity index (χ1n) is 6.67. The molecule has 3 rings (SSSR count). The number of hydrogen-bond acceptors (Lipinski definition) is 5. The van der Waals surface area contributed by atoms with Gasteiger partial charge in [-0.25, -0.2) is 4.98 Å². The Labute approximate surface area is 122 Å². The van der Waals surface area contributed by atoms with E-state index in [9.17, 15) is 4.79 Å². The number of aromatic nitrogens is 4. The molecule has 0 bridgehead atoms. The number of nitrogen functional groups attached to an aromatic ring is 1. The summed E-state index contributed by atoms with van der Waals surface area (Å²) < 4.78 is 1.90. The third kappa shape index (κ3) is 2.94. The van der Waals surface area contributed by atoms with Crippen molar-refractivity contribution >= 4 is 29.5 Å². The van der Waals surface area contributed by atoms with Crippen LogP contribution in [0.25, 0.3) is 11.2 Å². The summed E-state index contributed by atoms with van der Waals surface area (Å²) in [5.41, 5.74) is 6.22. The van der Waals surface area contributed by atoms with Gasteiger partial charge in [0.25, 0.3) is 5.56 Å². The quantitative estimate of drug-likeness (QED) is 0.866. The molecule has 2 aromatic rings.